The minimum atomic E-state index is -0.203. The quantitative estimate of drug-likeness (QED) is 0.672. The highest BCUT2D eigenvalue weighted by molar-refractivity contribution is 5.83. The summed E-state index contributed by atoms with van der Waals surface area (Å²) in [5, 5.41) is 12.0. The second-order valence-corrected chi connectivity index (χ2v) is 4.22. The Morgan fingerprint density at radius 3 is 2.79 bits per heavy atom. The number of carbonyl (C=O) groups excluding carboxylic acids is 1. The molecular weight excluding hydrogens is 180 g/mol. The van der Waals surface area contributed by atoms with Gasteiger partial charge < -0.3 is 15.3 Å². The summed E-state index contributed by atoms with van der Waals surface area (Å²) in [6, 6.07) is 0.353. The Kier molecular flexibility index (Phi) is 3.89. The molecule has 0 saturated carbocycles. The fourth-order valence-corrected chi connectivity index (χ4v) is 1.85. The minimum absolute atomic E-state index is 0.0576. The van der Waals surface area contributed by atoms with Gasteiger partial charge in [-0.15, -0.1) is 0 Å². The molecule has 2 N–H and O–H groups in total. The lowest BCUT2D eigenvalue weighted by Gasteiger charge is -2.39. The number of rotatable bonds is 3. The van der Waals surface area contributed by atoms with E-state index in [4.69, 9.17) is 5.11 Å². The van der Waals surface area contributed by atoms with Gasteiger partial charge in [0, 0.05) is 25.2 Å². The van der Waals surface area contributed by atoms with Crippen LogP contribution in [0.2, 0.25) is 0 Å². The summed E-state index contributed by atoms with van der Waals surface area (Å²) in [6.07, 6.45) is 0.506. The smallest absolute Gasteiger partial charge is 0.240 e. The molecule has 0 radical (unpaired) electrons. The number of carbonyl (C=O) groups is 1. The van der Waals surface area contributed by atoms with Gasteiger partial charge in [0.2, 0.25) is 5.91 Å². The van der Waals surface area contributed by atoms with Crippen molar-refractivity contribution >= 4 is 5.91 Å². The molecular formula is C10H20N2O2. The van der Waals surface area contributed by atoms with Crippen molar-refractivity contribution in [3.05, 3.63) is 0 Å². The summed E-state index contributed by atoms with van der Waals surface area (Å²) >= 11 is 0. The first kappa shape index (κ1) is 11.5. The second-order valence-electron chi connectivity index (χ2n) is 4.22. The summed E-state index contributed by atoms with van der Waals surface area (Å²) in [5.74, 6) is 0.118. The van der Waals surface area contributed by atoms with Gasteiger partial charge in [-0.1, -0.05) is 0 Å². The van der Waals surface area contributed by atoms with Crippen molar-refractivity contribution in [2.24, 2.45) is 0 Å². The summed E-state index contributed by atoms with van der Waals surface area (Å²) in [5.41, 5.74) is 0. The highest BCUT2D eigenvalue weighted by Crippen LogP contribution is 2.11. The van der Waals surface area contributed by atoms with Crippen molar-refractivity contribution in [1.29, 1.82) is 0 Å². The first-order chi connectivity index (χ1) is 6.56. The third kappa shape index (κ3) is 2.45. The molecule has 0 aromatic rings. The zero-order chi connectivity index (χ0) is 10.7. The summed E-state index contributed by atoms with van der Waals surface area (Å²) in [4.78, 5) is 13.7. The average molecular weight is 200 g/mol. The van der Waals surface area contributed by atoms with Crippen molar-refractivity contribution in [2.45, 2.75) is 45.3 Å². The maximum absolute atomic E-state index is 11.9. The van der Waals surface area contributed by atoms with Crippen LogP contribution in [-0.2, 0) is 4.79 Å². The molecule has 2 unspecified atom stereocenters. The Bertz CT molecular complexity index is 206. The van der Waals surface area contributed by atoms with Gasteiger partial charge in [0.1, 0.15) is 0 Å². The van der Waals surface area contributed by atoms with E-state index in [1.54, 1.807) is 0 Å². The maximum Gasteiger partial charge on any atom is 0.240 e. The van der Waals surface area contributed by atoms with E-state index in [0.717, 1.165) is 6.54 Å². The number of nitrogens with one attached hydrogen (secondary N) is 1. The molecule has 1 amide bonds. The van der Waals surface area contributed by atoms with E-state index < -0.39 is 0 Å². The fraction of sp³-hybridized carbons (Fsp3) is 0.900. The SMILES string of the molecule is CC1CN(C(C)C)C(=O)C(CCO)N1. The molecule has 1 aliphatic rings. The van der Waals surface area contributed by atoms with Gasteiger partial charge in [-0.3, -0.25) is 4.79 Å². The monoisotopic (exact) mass is 200 g/mol. The van der Waals surface area contributed by atoms with E-state index in [9.17, 15) is 4.79 Å². The van der Waals surface area contributed by atoms with Crippen molar-refractivity contribution < 1.29 is 9.90 Å². The Labute approximate surface area is 85.3 Å². The number of amides is 1. The van der Waals surface area contributed by atoms with E-state index in [0.29, 0.717) is 12.5 Å². The largest absolute Gasteiger partial charge is 0.396 e. The molecule has 14 heavy (non-hydrogen) atoms. The number of piperazine rings is 1. The van der Waals surface area contributed by atoms with Gasteiger partial charge in [-0.05, 0) is 27.2 Å². The number of hydrogen-bond acceptors (Lipinski definition) is 3. The van der Waals surface area contributed by atoms with Crippen LogP contribution in [0.1, 0.15) is 27.2 Å². The molecule has 1 fully saturated rings. The lowest BCUT2D eigenvalue weighted by molar-refractivity contribution is -0.139. The minimum Gasteiger partial charge on any atom is -0.396 e. The molecule has 4 heteroatoms. The third-order valence-electron chi connectivity index (χ3n) is 2.58. The normalized spacial score (nSPS) is 28.6. The lowest BCUT2D eigenvalue weighted by Crippen LogP contribution is -2.60. The zero-order valence-corrected chi connectivity index (χ0v) is 9.16. The zero-order valence-electron chi connectivity index (χ0n) is 9.16. The topological polar surface area (TPSA) is 52.6 Å². The van der Waals surface area contributed by atoms with Gasteiger partial charge >= 0.3 is 0 Å². The second kappa shape index (κ2) is 4.75. The van der Waals surface area contributed by atoms with Crippen molar-refractivity contribution in [3.8, 4) is 0 Å². The van der Waals surface area contributed by atoms with Crippen molar-refractivity contribution in [1.82, 2.24) is 10.2 Å². The molecule has 1 saturated heterocycles. The summed E-state index contributed by atoms with van der Waals surface area (Å²) in [6.45, 7) is 6.92. The van der Waals surface area contributed by atoms with Crippen molar-refractivity contribution in [3.63, 3.8) is 0 Å². The molecule has 1 rings (SSSR count). The van der Waals surface area contributed by atoms with Crippen LogP contribution in [0.15, 0.2) is 0 Å². The van der Waals surface area contributed by atoms with Gasteiger partial charge in [0.25, 0.3) is 0 Å². The van der Waals surface area contributed by atoms with Crippen LogP contribution < -0.4 is 5.32 Å². The molecule has 2 atom stereocenters. The molecule has 1 aliphatic heterocycles. The highest BCUT2D eigenvalue weighted by atomic mass is 16.3. The van der Waals surface area contributed by atoms with Crippen molar-refractivity contribution in [2.75, 3.05) is 13.2 Å². The van der Waals surface area contributed by atoms with E-state index >= 15 is 0 Å². The van der Waals surface area contributed by atoms with Crippen LogP contribution in [0, 0.1) is 0 Å². The van der Waals surface area contributed by atoms with E-state index in [-0.39, 0.29) is 24.6 Å². The van der Waals surface area contributed by atoms with E-state index in [1.807, 2.05) is 18.7 Å². The molecule has 0 aromatic carbocycles. The van der Waals surface area contributed by atoms with Crippen LogP contribution >= 0.6 is 0 Å². The summed E-state index contributed by atoms with van der Waals surface area (Å²) < 4.78 is 0. The van der Waals surface area contributed by atoms with Crippen LogP contribution in [-0.4, -0.2) is 47.2 Å². The third-order valence-corrected chi connectivity index (χ3v) is 2.58. The van der Waals surface area contributed by atoms with Gasteiger partial charge in [-0.25, -0.2) is 0 Å². The van der Waals surface area contributed by atoms with E-state index in [2.05, 4.69) is 12.2 Å². The fourth-order valence-electron chi connectivity index (χ4n) is 1.85. The van der Waals surface area contributed by atoms with Crippen LogP contribution in [0.25, 0.3) is 0 Å². The number of nitrogens with zero attached hydrogens (tertiary/aromatic N) is 1. The lowest BCUT2D eigenvalue weighted by atomic mass is 10.1. The molecule has 0 aromatic heterocycles. The molecule has 0 spiro atoms. The Morgan fingerprint density at radius 2 is 2.29 bits per heavy atom. The summed E-state index contributed by atoms with van der Waals surface area (Å²) in [7, 11) is 0. The number of aliphatic hydroxyl groups is 1. The first-order valence-electron chi connectivity index (χ1n) is 5.23. The predicted octanol–water partition coefficient (Wildman–Crippen LogP) is -0.0339. The van der Waals surface area contributed by atoms with Crippen LogP contribution in [0.3, 0.4) is 0 Å². The van der Waals surface area contributed by atoms with Gasteiger partial charge in [0.05, 0.1) is 6.04 Å². The maximum atomic E-state index is 11.9. The van der Waals surface area contributed by atoms with Crippen LogP contribution in [0.5, 0.6) is 0 Å². The standard InChI is InChI=1S/C10H20N2O2/c1-7(2)12-6-8(3)11-9(4-5-13)10(12)14/h7-9,11,13H,4-6H2,1-3H3. The van der Waals surface area contributed by atoms with Gasteiger partial charge in [0.15, 0.2) is 0 Å². The predicted molar refractivity (Wildman–Crippen MR) is 54.9 cm³/mol. The van der Waals surface area contributed by atoms with Gasteiger partial charge in [-0.2, -0.15) is 0 Å². The number of aliphatic hydroxyl groups excluding tert-OH is 1. The Hall–Kier alpha value is -0.610. The average Bonchev–Trinajstić information content (AvgIpc) is 2.10. The molecule has 4 nitrogen and oxygen atoms in total. The Balaban J connectivity index is 2.66. The van der Waals surface area contributed by atoms with E-state index in [1.165, 1.54) is 0 Å². The first-order valence-corrected chi connectivity index (χ1v) is 5.23. The molecule has 82 valence electrons. The molecule has 0 bridgehead atoms. The Morgan fingerprint density at radius 1 is 1.64 bits per heavy atom. The van der Waals surface area contributed by atoms with Crippen LogP contribution in [0.4, 0.5) is 0 Å². The molecule has 0 aliphatic carbocycles. The number of hydrogen-bond donors (Lipinski definition) is 2. The molecule has 1 heterocycles. The highest BCUT2D eigenvalue weighted by Gasteiger charge is 2.32.